The summed E-state index contributed by atoms with van der Waals surface area (Å²) in [6.45, 7) is 0.697. The summed E-state index contributed by atoms with van der Waals surface area (Å²) >= 11 is 8.47. The molecule has 4 rings (SSSR count). The smallest absolute Gasteiger partial charge is 0.119 e. The lowest BCUT2D eigenvalue weighted by Crippen LogP contribution is -2.33. The van der Waals surface area contributed by atoms with Crippen LogP contribution in [0.4, 0.5) is 0 Å². The van der Waals surface area contributed by atoms with Gasteiger partial charge in [-0.25, -0.2) is 0 Å². The molecule has 2 saturated heterocycles. The Balaban J connectivity index is 1.38. The van der Waals surface area contributed by atoms with Crippen LogP contribution < -0.4 is 4.74 Å². The quantitative estimate of drug-likeness (QED) is 0.616. The van der Waals surface area contributed by atoms with Gasteiger partial charge in [0.1, 0.15) is 5.75 Å². The predicted octanol–water partition coefficient (Wildman–Crippen LogP) is 4.64. The van der Waals surface area contributed by atoms with Gasteiger partial charge in [-0.1, -0.05) is 35.9 Å². The van der Waals surface area contributed by atoms with Gasteiger partial charge in [-0.05, 0) is 65.2 Å². The number of halogens is 1. The number of ether oxygens (including phenoxy) is 2. The third-order valence-corrected chi connectivity index (χ3v) is 7.63. The predicted molar refractivity (Wildman–Crippen MR) is 122 cm³/mol. The van der Waals surface area contributed by atoms with Gasteiger partial charge in [-0.2, -0.15) is 11.8 Å². The Morgan fingerprint density at radius 1 is 1.10 bits per heavy atom. The van der Waals surface area contributed by atoms with Crippen molar-refractivity contribution in [3.8, 4) is 5.75 Å². The highest BCUT2D eigenvalue weighted by atomic mass is 35.5. The van der Waals surface area contributed by atoms with Gasteiger partial charge in [-0.3, -0.25) is 0 Å². The van der Waals surface area contributed by atoms with Crippen LogP contribution in [0.25, 0.3) is 0 Å². The Morgan fingerprint density at radius 3 is 2.60 bits per heavy atom. The topological polar surface area (TPSA) is 58.9 Å². The zero-order chi connectivity index (χ0) is 20.9. The molecule has 0 radical (unpaired) electrons. The van der Waals surface area contributed by atoms with Gasteiger partial charge in [0.15, 0.2) is 0 Å². The van der Waals surface area contributed by atoms with Crippen molar-refractivity contribution in [3.63, 3.8) is 0 Å². The van der Waals surface area contributed by atoms with Crippen molar-refractivity contribution < 1.29 is 19.7 Å². The number of aliphatic hydroxyl groups is 2. The summed E-state index contributed by atoms with van der Waals surface area (Å²) in [6, 6.07) is 14.1. The summed E-state index contributed by atoms with van der Waals surface area (Å²) in [6.07, 6.45) is 1.83. The molecule has 3 atom stereocenters. The summed E-state index contributed by atoms with van der Waals surface area (Å²) in [5.41, 5.74) is 3.17. The minimum atomic E-state index is -0.462. The first-order chi connectivity index (χ1) is 14.6. The summed E-state index contributed by atoms with van der Waals surface area (Å²) in [5, 5.41) is 20.2. The van der Waals surface area contributed by atoms with Gasteiger partial charge in [0.2, 0.25) is 0 Å². The fourth-order valence-electron chi connectivity index (χ4n) is 3.97. The number of hydrogen-bond acceptors (Lipinski definition) is 5. The van der Waals surface area contributed by atoms with E-state index in [1.54, 1.807) is 0 Å². The Morgan fingerprint density at radius 2 is 1.90 bits per heavy atom. The van der Waals surface area contributed by atoms with Crippen LogP contribution in [0, 0.1) is 5.92 Å². The molecule has 0 saturated carbocycles. The fraction of sp³-hybridized carbons (Fsp3) is 0.500. The highest BCUT2D eigenvalue weighted by Gasteiger charge is 2.29. The van der Waals surface area contributed by atoms with E-state index in [0.29, 0.717) is 24.3 Å². The average molecular weight is 449 g/mol. The van der Waals surface area contributed by atoms with Gasteiger partial charge in [0, 0.05) is 17.9 Å². The van der Waals surface area contributed by atoms with Crippen molar-refractivity contribution in [1.29, 1.82) is 0 Å². The number of rotatable bonds is 8. The van der Waals surface area contributed by atoms with Crippen molar-refractivity contribution in [2.24, 2.45) is 5.92 Å². The number of aliphatic hydroxyl groups excluding tert-OH is 2. The first-order valence-electron chi connectivity index (χ1n) is 10.6. The van der Waals surface area contributed by atoms with Crippen LogP contribution in [-0.2, 0) is 11.2 Å². The molecule has 2 heterocycles. The Bertz CT molecular complexity index is 824. The molecule has 2 aromatic carbocycles. The third kappa shape index (κ3) is 5.71. The van der Waals surface area contributed by atoms with Gasteiger partial charge in [0.25, 0.3) is 0 Å². The molecule has 0 spiro atoms. The lowest BCUT2D eigenvalue weighted by Gasteiger charge is -2.32. The molecule has 162 valence electrons. The minimum absolute atomic E-state index is 0.0813. The van der Waals surface area contributed by atoms with Crippen LogP contribution in [0.2, 0.25) is 5.02 Å². The second kappa shape index (κ2) is 10.4. The van der Waals surface area contributed by atoms with Crippen LogP contribution in [0.3, 0.4) is 0 Å². The molecule has 6 heteroatoms. The molecule has 3 unspecified atom stereocenters. The molecule has 0 aliphatic carbocycles. The van der Waals surface area contributed by atoms with Crippen LogP contribution in [0.15, 0.2) is 42.5 Å². The lowest BCUT2D eigenvalue weighted by molar-refractivity contribution is -0.113. The Hall–Kier alpha value is -1.24. The van der Waals surface area contributed by atoms with E-state index in [1.165, 1.54) is 11.5 Å². The van der Waals surface area contributed by atoms with E-state index in [1.807, 2.05) is 36.0 Å². The molecule has 30 heavy (non-hydrogen) atoms. The van der Waals surface area contributed by atoms with Crippen LogP contribution in [-0.4, -0.2) is 47.1 Å². The Labute approximate surface area is 187 Å². The monoisotopic (exact) mass is 448 g/mol. The van der Waals surface area contributed by atoms with Crippen molar-refractivity contribution in [3.05, 3.63) is 64.2 Å². The molecule has 2 aromatic rings. The maximum atomic E-state index is 10.1. The zero-order valence-electron chi connectivity index (χ0n) is 17.0. The Kier molecular flexibility index (Phi) is 7.60. The second-order valence-corrected chi connectivity index (χ2v) is 9.75. The molecule has 0 bridgehead atoms. The van der Waals surface area contributed by atoms with E-state index in [0.717, 1.165) is 41.4 Å². The van der Waals surface area contributed by atoms with Gasteiger partial charge >= 0.3 is 0 Å². The van der Waals surface area contributed by atoms with Crippen molar-refractivity contribution in [2.45, 2.75) is 44.0 Å². The number of benzene rings is 2. The van der Waals surface area contributed by atoms with Crippen molar-refractivity contribution in [1.82, 2.24) is 0 Å². The maximum Gasteiger partial charge on any atom is 0.119 e. The molecule has 0 amide bonds. The molecular weight excluding hydrogens is 420 g/mol. The van der Waals surface area contributed by atoms with E-state index < -0.39 is 6.10 Å². The normalized spacial score (nSPS) is 24.4. The van der Waals surface area contributed by atoms with Crippen LogP contribution >= 0.6 is 23.4 Å². The second-order valence-electron chi connectivity index (χ2n) is 8.27. The minimum Gasteiger partial charge on any atom is -0.494 e. The van der Waals surface area contributed by atoms with Crippen molar-refractivity contribution >= 4 is 23.4 Å². The van der Waals surface area contributed by atoms with E-state index in [4.69, 9.17) is 21.1 Å². The summed E-state index contributed by atoms with van der Waals surface area (Å²) in [5.74, 6) is 4.28. The first kappa shape index (κ1) is 22.0. The summed E-state index contributed by atoms with van der Waals surface area (Å²) in [7, 11) is 0. The zero-order valence-corrected chi connectivity index (χ0v) is 18.6. The van der Waals surface area contributed by atoms with E-state index in [2.05, 4.69) is 18.2 Å². The summed E-state index contributed by atoms with van der Waals surface area (Å²) in [4.78, 5) is 0. The SMILES string of the molecule is OCC1CC(O)CC(c2ccc(Cl)c(Cc3ccc(OCCC4CSC4)cc3)c2)O1. The van der Waals surface area contributed by atoms with Crippen LogP contribution in [0.1, 0.15) is 42.1 Å². The standard InChI is InChI=1S/C24H29ClO4S/c25-23-6-3-18(24-12-20(27)11-22(13-26)29-24)10-19(23)9-16-1-4-21(5-2-16)28-8-7-17-14-30-15-17/h1-6,10,17,20,22,24,26-27H,7-9,11-15H2. The largest absolute Gasteiger partial charge is 0.494 e. The molecule has 2 aliphatic rings. The number of thioether (sulfide) groups is 1. The molecular formula is C24H29ClO4S. The molecule has 2 fully saturated rings. The van der Waals surface area contributed by atoms with E-state index in [-0.39, 0.29) is 18.8 Å². The fourth-order valence-corrected chi connectivity index (χ4v) is 5.06. The van der Waals surface area contributed by atoms with Gasteiger partial charge < -0.3 is 19.7 Å². The van der Waals surface area contributed by atoms with E-state index >= 15 is 0 Å². The van der Waals surface area contributed by atoms with Crippen molar-refractivity contribution in [2.75, 3.05) is 24.7 Å². The molecule has 2 N–H and O–H groups in total. The first-order valence-corrected chi connectivity index (χ1v) is 12.2. The molecule has 0 aromatic heterocycles. The highest BCUT2D eigenvalue weighted by molar-refractivity contribution is 8.00. The maximum absolute atomic E-state index is 10.1. The summed E-state index contributed by atoms with van der Waals surface area (Å²) < 4.78 is 11.8. The van der Waals surface area contributed by atoms with Gasteiger partial charge in [-0.15, -0.1) is 0 Å². The van der Waals surface area contributed by atoms with E-state index in [9.17, 15) is 10.2 Å². The van der Waals surface area contributed by atoms with Crippen LogP contribution in [0.5, 0.6) is 5.75 Å². The molecule has 2 aliphatic heterocycles. The average Bonchev–Trinajstić information content (AvgIpc) is 2.72. The third-order valence-electron chi connectivity index (χ3n) is 5.84. The molecule has 4 nitrogen and oxygen atoms in total. The number of hydrogen-bond donors (Lipinski definition) is 2. The lowest BCUT2D eigenvalue weighted by atomic mass is 9.94. The van der Waals surface area contributed by atoms with Gasteiger partial charge in [0.05, 0.1) is 31.5 Å². The highest BCUT2D eigenvalue weighted by Crippen LogP contribution is 2.34.